The third kappa shape index (κ3) is 7.79. The molecule has 0 unspecified atom stereocenters. The van der Waals surface area contributed by atoms with Crippen molar-refractivity contribution in [3.05, 3.63) is 0 Å². The summed E-state index contributed by atoms with van der Waals surface area (Å²) in [6.07, 6.45) is 0.864. The average molecular weight is 275 g/mol. The maximum atomic E-state index is 12.0. The van der Waals surface area contributed by atoms with Gasteiger partial charge in [-0.15, -0.1) is 0 Å². The molecule has 0 radical (unpaired) electrons. The van der Waals surface area contributed by atoms with Crippen LogP contribution < -0.4 is 0 Å². The molecule has 0 spiro atoms. The lowest BCUT2D eigenvalue weighted by Crippen LogP contribution is -2.35. The minimum absolute atomic E-state index is 0.0101. The maximum Gasteiger partial charge on any atom is 0.307 e. The van der Waals surface area contributed by atoms with Crippen molar-refractivity contribution >= 4 is 11.9 Å². The van der Waals surface area contributed by atoms with Crippen LogP contribution in [0.3, 0.4) is 0 Å². The van der Waals surface area contributed by atoms with Gasteiger partial charge in [-0.1, -0.05) is 0 Å². The second-order valence-corrected chi connectivity index (χ2v) is 5.37. The number of aliphatic hydroxyl groups excluding tert-OH is 1. The Balaban J connectivity index is 4.59. The molecule has 0 aromatic heterocycles. The van der Waals surface area contributed by atoms with E-state index in [1.54, 1.807) is 20.8 Å². The van der Waals surface area contributed by atoms with Crippen LogP contribution in [0, 0.1) is 5.92 Å². The quantitative estimate of drug-likeness (QED) is 0.556. The van der Waals surface area contributed by atoms with Gasteiger partial charge in [0, 0.05) is 13.7 Å². The zero-order valence-corrected chi connectivity index (χ0v) is 12.4. The molecule has 0 aliphatic carbocycles. The number of ether oxygens (including phenoxy) is 1. The van der Waals surface area contributed by atoms with Gasteiger partial charge in [0.15, 0.2) is 0 Å². The second kappa shape index (κ2) is 8.12. The summed E-state index contributed by atoms with van der Waals surface area (Å²) in [6.45, 7) is 5.30. The van der Waals surface area contributed by atoms with Crippen molar-refractivity contribution in [3.63, 3.8) is 0 Å². The van der Waals surface area contributed by atoms with Crippen LogP contribution in [-0.4, -0.2) is 48.4 Å². The third-order valence-corrected chi connectivity index (χ3v) is 2.48. The highest BCUT2D eigenvalue weighted by atomic mass is 16.7. The Morgan fingerprint density at radius 3 is 2.32 bits per heavy atom. The lowest BCUT2D eigenvalue weighted by molar-refractivity contribution is -0.177. The maximum absolute atomic E-state index is 12.0. The summed E-state index contributed by atoms with van der Waals surface area (Å²) in [6, 6.07) is 0. The van der Waals surface area contributed by atoms with Gasteiger partial charge in [-0.2, -0.15) is 0 Å². The molecule has 0 bridgehead atoms. The van der Waals surface area contributed by atoms with E-state index in [1.807, 2.05) is 0 Å². The van der Waals surface area contributed by atoms with E-state index in [9.17, 15) is 9.59 Å². The zero-order valence-electron chi connectivity index (χ0n) is 12.4. The molecule has 112 valence electrons. The summed E-state index contributed by atoms with van der Waals surface area (Å²) in [4.78, 5) is 28.6. The number of hydrogen-bond donors (Lipinski definition) is 1. The van der Waals surface area contributed by atoms with E-state index in [1.165, 1.54) is 14.2 Å². The SMILES string of the molecule is CON(C)C(=O)[C@@H](CCCO)CC(=O)OC(C)(C)C. The number of nitrogens with zero attached hydrogens (tertiary/aromatic N) is 1. The van der Waals surface area contributed by atoms with Crippen LogP contribution in [0.4, 0.5) is 0 Å². The standard InChI is InChI=1S/C13H25NO5/c1-13(2,3)19-11(16)9-10(7-6-8-15)12(17)14(4)18-5/h10,15H,6-9H2,1-5H3/t10-/m0/s1. The summed E-state index contributed by atoms with van der Waals surface area (Å²) < 4.78 is 5.20. The third-order valence-electron chi connectivity index (χ3n) is 2.48. The van der Waals surface area contributed by atoms with Crippen LogP contribution in [0.15, 0.2) is 0 Å². The molecule has 0 aromatic rings. The number of hydroxylamine groups is 2. The summed E-state index contributed by atoms with van der Waals surface area (Å²) >= 11 is 0. The van der Waals surface area contributed by atoms with Crippen molar-refractivity contribution in [2.24, 2.45) is 5.92 Å². The molecule has 0 aromatic carbocycles. The summed E-state index contributed by atoms with van der Waals surface area (Å²) in [5, 5.41) is 9.93. The lowest BCUT2D eigenvalue weighted by atomic mass is 9.98. The van der Waals surface area contributed by atoms with Crippen molar-refractivity contribution in [1.29, 1.82) is 0 Å². The highest BCUT2D eigenvalue weighted by Crippen LogP contribution is 2.18. The Bertz CT molecular complexity index is 298. The topological polar surface area (TPSA) is 76.1 Å². The first-order chi connectivity index (χ1) is 8.71. The molecule has 6 heteroatoms. The molecular formula is C13H25NO5. The second-order valence-electron chi connectivity index (χ2n) is 5.37. The number of amides is 1. The highest BCUT2D eigenvalue weighted by Gasteiger charge is 2.27. The van der Waals surface area contributed by atoms with Gasteiger partial charge in [0.2, 0.25) is 5.91 Å². The molecule has 6 nitrogen and oxygen atoms in total. The summed E-state index contributed by atoms with van der Waals surface area (Å²) in [5.41, 5.74) is -0.575. The van der Waals surface area contributed by atoms with Gasteiger partial charge in [-0.25, -0.2) is 5.06 Å². The lowest BCUT2D eigenvalue weighted by Gasteiger charge is -2.24. The smallest absolute Gasteiger partial charge is 0.307 e. The number of carbonyl (C=O) groups excluding carboxylic acids is 2. The monoisotopic (exact) mass is 275 g/mol. The Morgan fingerprint density at radius 2 is 1.89 bits per heavy atom. The predicted molar refractivity (Wildman–Crippen MR) is 70.1 cm³/mol. The normalized spacial score (nSPS) is 12.9. The van der Waals surface area contributed by atoms with Crippen LogP contribution in [-0.2, 0) is 19.2 Å². The van der Waals surface area contributed by atoms with Gasteiger partial charge >= 0.3 is 5.97 Å². The van der Waals surface area contributed by atoms with Gasteiger partial charge in [-0.05, 0) is 33.6 Å². The van der Waals surface area contributed by atoms with E-state index in [0.29, 0.717) is 12.8 Å². The van der Waals surface area contributed by atoms with Gasteiger partial charge in [0.1, 0.15) is 5.60 Å². The Kier molecular flexibility index (Phi) is 7.63. The molecular weight excluding hydrogens is 250 g/mol. The van der Waals surface area contributed by atoms with Crippen molar-refractivity contribution in [1.82, 2.24) is 5.06 Å². The molecule has 0 rings (SSSR count). The van der Waals surface area contributed by atoms with Crippen LogP contribution in [0.2, 0.25) is 0 Å². The number of carbonyl (C=O) groups is 2. The first kappa shape index (κ1) is 17.9. The number of hydrogen-bond acceptors (Lipinski definition) is 5. The molecule has 1 atom stereocenters. The molecule has 0 aliphatic heterocycles. The number of rotatable bonds is 7. The van der Waals surface area contributed by atoms with Crippen LogP contribution in [0.25, 0.3) is 0 Å². The fourth-order valence-electron chi connectivity index (χ4n) is 1.58. The molecule has 0 saturated carbocycles. The Hall–Kier alpha value is -1.14. The van der Waals surface area contributed by atoms with Crippen molar-refractivity contribution in [2.75, 3.05) is 20.8 Å². The molecule has 1 amide bonds. The summed E-state index contributed by atoms with van der Waals surface area (Å²) in [7, 11) is 2.87. The van der Waals surface area contributed by atoms with Crippen molar-refractivity contribution < 1.29 is 24.3 Å². The van der Waals surface area contributed by atoms with Gasteiger partial charge < -0.3 is 9.84 Å². The van der Waals surface area contributed by atoms with E-state index in [4.69, 9.17) is 14.7 Å². The van der Waals surface area contributed by atoms with E-state index in [0.717, 1.165) is 5.06 Å². The van der Waals surface area contributed by atoms with Crippen LogP contribution >= 0.6 is 0 Å². The minimum Gasteiger partial charge on any atom is -0.460 e. The summed E-state index contributed by atoms with van der Waals surface area (Å²) in [5.74, 6) is -1.25. The Labute approximate surface area is 114 Å². The van der Waals surface area contributed by atoms with Crippen molar-refractivity contribution in [2.45, 2.75) is 45.6 Å². The van der Waals surface area contributed by atoms with Crippen LogP contribution in [0.5, 0.6) is 0 Å². The van der Waals surface area contributed by atoms with Gasteiger partial charge in [-0.3, -0.25) is 14.4 Å². The Morgan fingerprint density at radius 1 is 1.32 bits per heavy atom. The predicted octanol–water partition coefficient (Wildman–Crippen LogP) is 1.13. The fourth-order valence-corrected chi connectivity index (χ4v) is 1.58. The number of esters is 1. The molecule has 1 N–H and O–H groups in total. The van der Waals surface area contributed by atoms with E-state index >= 15 is 0 Å². The van der Waals surface area contributed by atoms with E-state index in [-0.39, 0.29) is 18.9 Å². The molecule has 0 aliphatic rings. The minimum atomic E-state index is -0.575. The van der Waals surface area contributed by atoms with E-state index in [2.05, 4.69) is 0 Å². The first-order valence-electron chi connectivity index (χ1n) is 6.35. The molecule has 19 heavy (non-hydrogen) atoms. The molecule has 0 fully saturated rings. The fraction of sp³-hybridized carbons (Fsp3) is 0.846. The largest absolute Gasteiger partial charge is 0.460 e. The van der Waals surface area contributed by atoms with Gasteiger partial charge in [0.05, 0.1) is 19.4 Å². The highest BCUT2D eigenvalue weighted by molar-refractivity contribution is 5.83. The average Bonchev–Trinajstić information content (AvgIpc) is 2.30. The van der Waals surface area contributed by atoms with E-state index < -0.39 is 17.5 Å². The van der Waals surface area contributed by atoms with Crippen molar-refractivity contribution in [3.8, 4) is 0 Å². The number of aliphatic hydroxyl groups is 1. The van der Waals surface area contributed by atoms with Gasteiger partial charge in [0.25, 0.3) is 0 Å². The van der Waals surface area contributed by atoms with Crippen LogP contribution in [0.1, 0.15) is 40.0 Å². The molecule has 0 saturated heterocycles. The first-order valence-corrected chi connectivity index (χ1v) is 6.35. The molecule has 0 heterocycles. The zero-order chi connectivity index (χ0) is 15.1.